The summed E-state index contributed by atoms with van der Waals surface area (Å²) in [5, 5.41) is 3.58. The lowest BCUT2D eigenvalue weighted by Gasteiger charge is -2.65. The van der Waals surface area contributed by atoms with Gasteiger partial charge in [-0.15, -0.1) is 0 Å². The highest BCUT2D eigenvalue weighted by Gasteiger charge is 2.60. The van der Waals surface area contributed by atoms with Crippen molar-refractivity contribution in [2.45, 2.75) is 58.0 Å². The van der Waals surface area contributed by atoms with Crippen LogP contribution in [0.1, 0.15) is 52.4 Å². The van der Waals surface area contributed by atoms with Crippen molar-refractivity contribution < 1.29 is 4.74 Å². The van der Waals surface area contributed by atoms with E-state index >= 15 is 0 Å². The molecule has 0 aromatic heterocycles. The predicted molar refractivity (Wildman–Crippen MR) is 70.1 cm³/mol. The van der Waals surface area contributed by atoms with E-state index in [4.69, 9.17) is 10.3 Å². The van der Waals surface area contributed by atoms with Crippen LogP contribution >= 0.6 is 0 Å². The molecule has 100 valence electrons. The molecule has 4 aliphatic rings. The Kier molecular flexibility index (Phi) is 2.65. The van der Waals surface area contributed by atoms with Crippen LogP contribution in [0.25, 0.3) is 10.4 Å². The smallest absolute Gasteiger partial charge is 0.0695 e. The van der Waals surface area contributed by atoms with Crippen molar-refractivity contribution in [1.29, 1.82) is 0 Å². The lowest BCUT2D eigenvalue weighted by molar-refractivity contribution is -0.213. The van der Waals surface area contributed by atoms with Crippen LogP contribution in [0, 0.1) is 16.7 Å². The lowest BCUT2D eigenvalue weighted by atomic mass is 9.43. The summed E-state index contributed by atoms with van der Waals surface area (Å²) in [6, 6.07) is 0. The largest absolute Gasteiger partial charge is 0.375 e. The van der Waals surface area contributed by atoms with Gasteiger partial charge in [-0.3, -0.25) is 0 Å². The molecule has 0 aromatic rings. The second-order valence-electron chi connectivity index (χ2n) is 7.62. The summed E-state index contributed by atoms with van der Waals surface area (Å²) in [5.74, 6) is 0.857. The fourth-order valence-electron chi connectivity index (χ4n) is 5.85. The maximum atomic E-state index is 8.31. The van der Waals surface area contributed by atoms with Gasteiger partial charge in [0.25, 0.3) is 0 Å². The fourth-order valence-corrected chi connectivity index (χ4v) is 5.85. The Morgan fingerprint density at radius 2 is 1.83 bits per heavy atom. The molecule has 0 amide bonds. The summed E-state index contributed by atoms with van der Waals surface area (Å²) in [4.78, 5) is 2.79. The number of nitrogens with zero attached hydrogens (tertiary/aromatic N) is 3. The van der Waals surface area contributed by atoms with Crippen molar-refractivity contribution in [1.82, 2.24) is 0 Å². The van der Waals surface area contributed by atoms with Gasteiger partial charge in [-0.05, 0) is 60.8 Å². The highest BCUT2D eigenvalue weighted by atomic mass is 16.5. The Balaban J connectivity index is 1.74. The second-order valence-corrected chi connectivity index (χ2v) is 7.62. The first-order valence-corrected chi connectivity index (χ1v) is 7.12. The molecule has 0 radical (unpaired) electrons. The molecule has 0 N–H and O–H groups in total. The number of rotatable bonds is 4. The van der Waals surface area contributed by atoms with Gasteiger partial charge < -0.3 is 4.74 Å². The molecular weight excluding hydrogens is 226 g/mol. The quantitative estimate of drug-likeness (QED) is 0.321. The van der Waals surface area contributed by atoms with Crippen molar-refractivity contribution in [3.05, 3.63) is 10.4 Å². The van der Waals surface area contributed by atoms with E-state index in [1.165, 1.54) is 38.5 Å². The van der Waals surface area contributed by atoms with E-state index in [0.717, 1.165) is 5.92 Å². The van der Waals surface area contributed by atoms with E-state index < -0.39 is 0 Å². The van der Waals surface area contributed by atoms with Crippen molar-refractivity contribution in [2.75, 3.05) is 13.2 Å². The zero-order valence-corrected chi connectivity index (χ0v) is 11.5. The Bertz CT molecular complexity index is 384. The molecule has 4 saturated carbocycles. The molecule has 0 saturated heterocycles. The molecule has 0 heterocycles. The molecule has 0 aromatic carbocycles. The van der Waals surface area contributed by atoms with E-state index in [0.29, 0.717) is 24.0 Å². The van der Waals surface area contributed by atoms with Gasteiger partial charge in [0.05, 0.1) is 12.2 Å². The number of azide groups is 1. The van der Waals surface area contributed by atoms with E-state index in [2.05, 4.69) is 23.9 Å². The van der Waals surface area contributed by atoms with E-state index in [9.17, 15) is 0 Å². The van der Waals surface area contributed by atoms with Crippen LogP contribution in [0.3, 0.4) is 0 Å². The Labute approximate surface area is 109 Å². The van der Waals surface area contributed by atoms with Crippen molar-refractivity contribution in [2.24, 2.45) is 21.9 Å². The third-order valence-corrected chi connectivity index (χ3v) is 5.24. The van der Waals surface area contributed by atoms with Crippen molar-refractivity contribution in [3.8, 4) is 0 Å². The number of ether oxygens (including phenoxy) is 1. The molecule has 4 rings (SSSR count). The molecular formula is C14H23N3O. The SMILES string of the molecule is CC12CC3CC(C)(C1)CC(OCCN=[N+]=[N-])(C3)C2. The molecule has 4 aliphatic carbocycles. The molecule has 4 fully saturated rings. The Morgan fingerprint density at radius 3 is 2.39 bits per heavy atom. The van der Waals surface area contributed by atoms with Gasteiger partial charge in [0.1, 0.15) is 0 Å². The number of hydrogen-bond donors (Lipinski definition) is 0. The third kappa shape index (κ3) is 2.02. The van der Waals surface area contributed by atoms with Gasteiger partial charge in [0.2, 0.25) is 0 Å². The predicted octanol–water partition coefficient (Wildman–Crippen LogP) is 4.06. The normalized spacial score (nSPS) is 49.1. The van der Waals surface area contributed by atoms with Crippen LogP contribution in [-0.4, -0.2) is 18.8 Å². The first-order chi connectivity index (χ1) is 8.47. The molecule has 2 unspecified atom stereocenters. The fraction of sp³-hybridized carbons (Fsp3) is 1.00. The Hall–Kier alpha value is -0.730. The summed E-state index contributed by atoms with van der Waals surface area (Å²) in [6.07, 6.45) is 7.81. The molecule has 18 heavy (non-hydrogen) atoms. The minimum Gasteiger partial charge on any atom is -0.375 e. The highest BCUT2D eigenvalue weighted by Crippen LogP contribution is 2.67. The Morgan fingerprint density at radius 1 is 1.17 bits per heavy atom. The van der Waals surface area contributed by atoms with Crippen LogP contribution in [0.4, 0.5) is 0 Å². The summed E-state index contributed by atoms with van der Waals surface area (Å²) in [6.45, 7) is 5.95. The topological polar surface area (TPSA) is 58.0 Å². The minimum absolute atomic E-state index is 0.0912. The van der Waals surface area contributed by atoms with E-state index in [-0.39, 0.29) is 5.60 Å². The molecule has 4 bridgehead atoms. The average molecular weight is 249 g/mol. The van der Waals surface area contributed by atoms with Gasteiger partial charge in [0, 0.05) is 11.5 Å². The standard InChI is InChI=1S/C14H23N3O/c1-12-5-11-6-13(2,8-12)10-14(7-11,9-12)18-4-3-16-17-15/h11H,3-10H2,1-2H3. The average Bonchev–Trinajstić information content (AvgIpc) is 2.19. The zero-order chi connectivity index (χ0) is 12.9. The van der Waals surface area contributed by atoms with Crippen LogP contribution in [0.2, 0.25) is 0 Å². The van der Waals surface area contributed by atoms with Crippen LogP contribution in [0.5, 0.6) is 0 Å². The highest BCUT2D eigenvalue weighted by molar-refractivity contribution is 5.11. The van der Waals surface area contributed by atoms with Gasteiger partial charge in [-0.1, -0.05) is 19.0 Å². The maximum Gasteiger partial charge on any atom is 0.0695 e. The maximum absolute atomic E-state index is 8.31. The molecule has 4 heteroatoms. The molecule has 0 aliphatic heterocycles. The van der Waals surface area contributed by atoms with Gasteiger partial charge in [0.15, 0.2) is 0 Å². The van der Waals surface area contributed by atoms with E-state index in [1.807, 2.05) is 0 Å². The third-order valence-electron chi connectivity index (χ3n) is 5.24. The first kappa shape index (κ1) is 12.3. The number of hydrogen-bond acceptors (Lipinski definition) is 2. The lowest BCUT2D eigenvalue weighted by Crippen LogP contribution is -2.59. The van der Waals surface area contributed by atoms with E-state index in [1.54, 1.807) is 0 Å². The first-order valence-electron chi connectivity index (χ1n) is 7.12. The monoisotopic (exact) mass is 249 g/mol. The molecule has 4 nitrogen and oxygen atoms in total. The van der Waals surface area contributed by atoms with Gasteiger partial charge in [-0.25, -0.2) is 0 Å². The summed E-state index contributed by atoms with van der Waals surface area (Å²) >= 11 is 0. The zero-order valence-electron chi connectivity index (χ0n) is 11.5. The molecule has 2 atom stereocenters. The van der Waals surface area contributed by atoms with Crippen molar-refractivity contribution >= 4 is 0 Å². The second kappa shape index (κ2) is 3.88. The van der Waals surface area contributed by atoms with Gasteiger partial charge in [-0.2, -0.15) is 0 Å². The van der Waals surface area contributed by atoms with Crippen LogP contribution in [-0.2, 0) is 4.74 Å². The summed E-state index contributed by atoms with van der Waals surface area (Å²) in [5.41, 5.74) is 9.39. The summed E-state index contributed by atoms with van der Waals surface area (Å²) in [7, 11) is 0. The minimum atomic E-state index is 0.0912. The summed E-state index contributed by atoms with van der Waals surface area (Å²) < 4.78 is 6.21. The molecule has 0 spiro atoms. The van der Waals surface area contributed by atoms with Crippen LogP contribution in [0.15, 0.2) is 5.11 Å². The van der Waals surface area contributed by atoms with Crippen LogP contribution < -0.4 is 0 Å². The van der Waals surface area contributed by atoms with Gasteiger partial charge >= 0.3 is 0 Å². The van der Waals surface area contributed by atoms with Crippen molar-refractivity contribution in [3.63, 3.8) is 0 Å².